The molecule has 0 aromatic heterocycles. The first-order chi connectivity index (χ1) is 9.86. The third kappa shape index (κ3) is 3.24. The van der Waals surface area contributed by atoms with Gasteiger partial charge in [-0.1, -0.05) is 0 Å². The molecule has 2 aromatic carbocycles. The van der Waals surface area contributed by atoms with Crippen molar-refractivity contribution in [1.82, 2.24) is 0 Å². The number of anilines is 1. The van der Waals surface area contributed by atoms with E-state index in [1.165, 1.54) is 36.4 Å². The van der Waals surface area contributed by atoms with Crippen molar-refractivity contribution in [3.05, 3.63) is 62.2 Å². The SMILES string of the molecule is Cc1cc([N+](=O)[O-])ccc1Oc1cc(N)cc([N+](=O)[O-])c1. The molecule has 0 aliphatic rings. The molecule has 0 aliphatic carbocycles. The van der Waals surface area contributed by atoms with Gasteiger partial charge in [0.25, 0.3) is 11.4 Å². The average Bonchev–Trinajstić information content (AvgIpc) is 2.40. The minimum Gasteiger partial charge on any atom is -0.457 e. The van der Waals surface area contributed by atoms with E-state index in [1.54, 1.807) is 6.92 Å². The lowest BCUT2D eigenvalue weighted by atomic mass is 10.2. The Morgan fingerprint density at radius 1 is 1.00 bits per heavy atom. The molecule has 0 radical (unpaired) electrons. The molecular formula is C13H11N3O5. The summed E-state index contributed by atoms with van der Waals surface area (Å²) in [7, 11) is 0. The molecule has 0 amide bonds. The van der Waals surface area contributed by atoms with Gasteiger partial charge in [-0.2, -0.15) is 0 Å². The zero-order valence-electron chi connectivity index (χ0n) is 11.0. The van der Waals surface area contributed by atoms with Crippen molar-refractivity contribution in [2.45, 2.75) is 6.92 Å². The number of nitrogens with zero attached hydrogens (tertiary/aromatic N) is 2. The molecule has 8 heteroatoms. The van der Waals surface area contributed by atoms with E-state index in [2.05, 4.69) is 0 Å². The van der Waals surface area contributed by atoms with Gasteiger partial charge in [-0.05, 0) is 18.6 Å². The molecule has 0 aliphatic heterocycles. The zero-order chi connectivity index (χ0) is 15.6. The minimum absolute atomic E-state index is 0.0570. The van der Waals surface area contributed by atoms with Gasteiger partial charge in [0.15, 0.2) is 0 Å². The Morgan fingerprint density at radius 2 is 1.67 bits per heavy atom. The molecule has 2 N–H and O–H groups in total. The highest BCUT2D eigenvalue weighted by Gasteiger charge is 2.13. The molecule has 0 saturated carbocycles. The fraction of sp³-hybridized carbons (Fsp3) is 0.0769. The highest BCUT2D eigenvalue weighted by Crippen LogP contribution is 2.31. The van der Waals surface area contributed by atoms with Crippen molar-refractivity contribution in [3.63, 3.8) is 0 Å². The molecule has 21 heavy (non-hydrogen) atoms. The summed E-state index contributed by atoms with van der Waals surface area (Å²) in [6.45, 7) is 1.64. The Bertz CT molecular complexity index is 730. The highest BCUT2D eigenvalue weighted by molar-refractivity contribution is 5.55. The molecule has 108 valence electrons. The Labute approximate surface area is 119 Å². The van der Waals surface area contributed by atoms with Gasteiger partial charge in [0.05, 0.1) is 15.9 Å². The zero-order valence-corrected chi connectivity index (χ0v) is 11.0. The van der Waals surface area contributed by atoms with E-state index in [0.717, 1.165) is 0 Å². The van der Waals surface area contributed by atoms with Gasteiger partial charge in [-0.3, -0.25) is 20.2 Å². The Hall–Kier alpha value is -3.16. The van der Waals surface area contributed by atoms with Gasteiger partial charge in [0.1, 0.15) is 11.5 Å². The lowest BCUT2D eigenvalue weighted by molar-refractivity contribution is -0.385. The Kier molecular flexibility index (Phi) is 3.70. The molecule has 8 nitrogen and oxygen atoms in total. The lowest BCUT2D eigenvalue weighted by Gasteiger charge is -2.09. The molecule has 0 fully saturated rings. The van der Waals surface area contributed by atoms with Crippen LogP contribution in [0.5, 0.6) is 11.5 Å². The Morgan fingerprint density at radius 3 is 2.24 bits per heavy atom. The number of hydrogen-bond donors (Lipinski definition) is 1. The first-order valence-corrected chi connectivity index (χ1v) is 5.84. The van der Waals surface area contributed by atoms with E-state index < -0.39 is 9.85 Å². The normalized spacial score (nSPS) is 10.1. The Balaban J connectivity index is 2.34. The molecule has 0 bridgehead atoms. The summed E-state index contributed by atoms with van der Waals surface area (Å²) in [5.74, 6) is 0.555. The number of aryl methyl sites for hydroxylation is 1. The first-order valence-electron chi connectivity index (χ1n) is 5.84. The van der Waals surface area contributed by atoms with Crippen LogP contribution in [0.25, 0.3) is 0 Å². The van der Waals surface area contributed by atoms with Crippen molar-refractivity contribution in [3.8, 4) is 11.5 Å². The maximum atomic E-state index is 10.8. The van der Waals surface area contributed by atoms with Gasteiger partial charge < -0.3 is 10.5 Å². The number of non-ortho nitro benzene ring substituents is 2. The fourth-order valence-corrected chi connectivity index (χ4v) is 1.76. The largest absolute Gasteiger partial charge is 0.457 e. The second-order valence-electron chi connectivity index (χ2n) is 4.33. The molecule has 0 atom stereocenters. The van der Waals surface area contributed by atoms with E-state index >= 15 is 0 Å². The number of rotatable bonds is 4. The van der Waals surface area contributed by atoms with Crippen LogP contribution in [-0.4, -0.2) is 9.85 Å². The van der Waals surface area contributed by atoms with Gasteiger partial charge in [-0.25, -0.2) is 0 Å². The van der Waals surface area contributed by atoms with Crippen LogP contribution in [0, 0.1) is 27.2 Å². The van der Waals surface area contributed by atoms with Crippen molar-refractivity contribution in [2.24, 2.45) is 0 Å². The third-order valence-corrected chi connectivity index (χ3v) is 2.72. The predicted octanol–water partition coefficient (Wildman–Crippen LogP) is 3.19. The molecule has 0 unspecified atom stereocenters. The molecule has 0 heterocycles. The van der Waals surface area contributed by atoms with Crippen LogP contribution in [0.1, 0.15) is 5.56 Å². The topological polar surface area (TPSA) is 122 Å². The number of hydrogen-bond acceptors (Lipinski definition) is 6. The lowest BCUT2D eigenvalue weighted by Crippen LogP contribution is -1.95. The standard InChI is InChI=1S/C13H11N3O5/c1-8-4-10(15(17)18)2-3-13(8)21-12-6-9(14)5-11(7-12)16(19)20/h2-7H,14H2,1H3. The number of nitro benzene ring substituents is 2. The smallest absolute Gasteiger partial charge is 0.275 e. The molecular weight excluding hydrogens is 278 g/mol. The second kappa shape index (κ2) is 5.45. The van der Waals surface area contributed by atoms with Crippen molar-refractivity contribution in [1.29, 1.82) is 0 Å². The van der Waals surface area contributed by atoms with E-state index in [1.807, 2.05) is 0 Å². The van der Waals surface area contributed by atoms with E-state index in [0.29, 0.717) is 11.3 Å². The van der Waals surface area contributed by atoms with Crippen LogP contribution in [-0.2, 0) is 0 Å². The summed E-state index contributed by atoms with van der Waals surface area (Å²) in [5, 5.41) is 21.4. The summed E-state index contributed by atoms with van der Waals surface area (Å²) in [6.07, 6.45) is 0. The summed E-state index contributed by atoms with van der Waals surface area (Å²) < 4.78 is 5.51. The summed E-state index contributed by atoms with van der Waals surface area (Å²) in [4.78, 5) is 20.3. The highest BCUT2D eigenvalue weighted by atomic mass is 16.6. The van der Waals surface area contributed by atoms with Crippen molar-refractivity contribution in [2.75, 3.05) is 5.73 Å². The first kappa shape index (κ1) is 14.3. The van der Waals surface area contributed by atoms with Crippen LogP contribution < -0.4 is 10.5 Å². The third-order valence-electron chi connectivity index (χ3n) is 2.72. The molecule has 0 spiro atoms. The van der Waals surface area contributed by atoms with Crippen molar-refractivity contribution < 1.29 is 14.6 Å². The fourth-order valence-electron chi connectivity index (χ4n) is 1.76. The number of nitro groups is 2. The van der Waals surface area contributed by atoms with Crippen LogP contribution in [0.3, 0.4) is 0 Å². The quantitative estimate of drug-likeness (QED) is 0.524. The van der Waals surface area contributed by atoms with Gasteiger partial charge >= 0.3 is 0 Å². The predicted molar refractivity (Wildman–Crippen MR) is 75.4 cm³/mol. The van der Waals surface area contributed by atoms with Crippen LogP contribution in [0.4, 0.5) is 17.1 Å². The summed E-state index contributed by atoms with van der Waals surface area (Å²) in [5.41, 5.74) is 6.06. The van der Waals surface area contributed by atoms with Gasteiger partial charge in [0, 0.05) is 30.0 Å². The number of benzene rings is 2. The monoisotopic (exact) mass is 289 g/mol. The van der Waals surface area contributed by atoms with Crippen molar-refractivity contribution >= 4 is 17.1 Å². The van der Waals surface area contributed by atoms with E-state index in [4.69, 9.17) is 10.5 Å². The molecule has 2 rings (SSSR count). The molecule has 2 aromatic rings. The average molecular weight is 289 g/mol. The van der Waals surface area contributed by atoms with Crippen LogP contribution >= 0.6 is 0 Å². The second-order valence-corrected chi connectivity index (χ2v) is 4.33. The molecule has 0 saturated heterocycles. The summed E-state index contributed by atoms with van der Waals surface area (Å²) >= 11 is 0. The van der Waals surface area contributed by atoms with Crippen LogP contribution in [0.15, 0.2) is 36.4 Å². The maximum Gasteiger partial charge on any atom is 0.275 e. The van der Waals surface area contributed by atoms with Gasteiger partial charge in [-0.15, -0.1) is 0 Å². The van der Waals surface area contributed by atoms with E-state index in [9.17, 15) is 20.2 Å². The number of nitrogens with two attached hydrogens (primary N) is 1. The van der Waals surface area contributed by atoms with Crippen LogP contribution in [0.2, 0.25) is 0 Å². The van der Waals surface area contributed by atoms with E-state index in [-0.39, 0.29) is 22.8 Å². The maximum absolute atomic E-state index is 10.8. The number of nitrogen functional groups attached to an aromatic ring is 1. The minimum atomic E-state index is -0.577. The van der Waals surface area contributed by atoms with Gasteiger partial charge in [0.2, 0.25) is 0 Å². The number of ether oxygens (including phenoxy) is 1. The summed E-state index contributed by atoms with van der Waals surface area (Å²) in [6, 6.07) is 7.97.